The number of hydrogen-bond acceptors (Lipinski definition) is 5. The van der Waals surface area contributed by atoms with Gasteiger partial charge in [-0.3, -0.25) is 9.78 Å². The number of anilines is 3. The largest absolute Gasteiger partial charge is 0.322 e. The van der Waals surface area contributed by atoms with Crippen LogP contribution < -0.4 is 10.6 Å². The normalized spacial score (nSPS) is 10.6. The van der Waals surface area contributed by atoms with E-state index in [1.54, 1.807) is 18.5 Å². The van der Waals surface area contributed by atoms with Crippen LogP contribution >= 0.6 is 0 Å². The van der Waals surface area contributed by atoms with E-state index in [4.69, 9.17) is 0 Å². The quantitative estimate of drug-likeness (QED) is 0.548. The van der Waals surface area contributed by atoms with Gasteiger partial charge in [0, 0.05) is 23.5 Å². The SMILES string of the molecule is Cc1cccc(NC(=O)c2ccnc(Nc3cccc4cccnc34)n2)c1C. The molecule has 2 aromatic carbocycles. The van der Waals surface area contributed by atoms with Crippen molar-refractivity contribution in [1.82, 2.24) is 15.0 Å². The molecule has 1 amide bonds. The predicted octanol–water partition coefficient (Wildman–Crippen LogP) is 4.64. The van der Waals surface area contributed by atoms with Crippen LogP contribution in [0, 0.1) is 13.8 Å². The molecular weight excluding hydrogens is 350 g/mol. The Morgan fingerprint density at radius 1 is 0.857 bits per heavy atom. The number of pyridine rings is 1. The Morgan fingerprint density at radius 3 is 2.54 bits per heavy atom. The number of nitrogens with zero attached hydrogens (tertiary/aromatic N) is 3. The average Bonchev–Trinajstić information content (AvgIpc) is 2.72. The predicted molar refractivity (Wildman–Crippen MR) is 111 cm³/mol. The van der Waals surface area contributed by atoms with Gasteiger partial charge in [-0.25, -0.2) is 9.97 Å². The molecule has 138 valence electrons. The van der Waals surface area contributed by atoms with E-state index in [1.165, 1.54) is 0 Å². The summed E-state index contributed by atoms with van der Waals surface area (Å²) in [6.07, 6.45) is 3.30. The third kappa shape index (κ3) is 3.53. The van der Waals surface area contributed by atoms with Crippen molar-refractivity contribution in [2.24, 2.45) is 0 Å². The summed E-state index contributed by atoms with van der Waals surface area (Å²) in [4.78, 5) is 25.7. The number of nitrogens with one attached hydrogen (secondary N) is 2. The zero-order valence-electron chi connectivity index (χ0n) is 15.6. The number of carbonyl (C=O) groups excluding carboxylic acids is 1. The van der Waals surface area contributed by atoms with E-state index < -0.39 is 0 Å². The molecule has 0 fully saturated rings. The molecular formula is C22H19N5O. The maximum Gasteiger partial charge on any atom is 0.274 e. The van der Waals surface area contributed by atoms with Crippen LogP contribution in [0.4, 0.5) is 17.3 Å². The molecule has 0 bridgehead atoms. The van der Waals surface area contributed by atoms with Gasteiger partial charge in [-0.05, 0) is 49.2 Å². The van der Waals surface area contributed by atoms with Crippen molar-refractivity contribution in [2.45, 2.75) is 13.8 Å². The highest BCUT2D eigenvalue weighted by Gasteiger charge is 2.12. The number of hydrogen-bond donors (Lipinski definition) is 2. The van der Waals surface area contributed by atoms with Gasteiger partial charge in [0.2, 0.25) is 5.95 Å². The number of rotatable bonds is 4. The summed E-state index contributed by atoms with van der Waals surface area (Å²) in [6.45, 7) is 3.99. The average molecular weight is 369 g/mol. The van der Waals surface area contributed by atoms with E-state index >= 15 is 0 Å². The van der Waals surface area contributed by atoms with Crippen molar-refractivity contribution in [2.75, 3.05) is 10.6 Å². The van der Waals surface area contributed by atoms with Crippen LogP contribution in [-0.2, 0) is 0 Å². The summed E-state index contributed by atoms with van der Waals surface area (Å²) >= 11 is 0. The number of fused-ring (bicyclic) bond motifs is 1. The Labute approximate surface area is 162 Å². The zero-order chi connectivity index (χ0) is 19.5. The molecule has 6 nitrogen and oxygen atoms in total. The highest BCUT2D eigenvalue weighted by atomic mass is 16.1. The second kappa shape index (κ2) is 7.44. The van der Waals surface area contributed by atoms with Crippen LogP contribution in [0.15, 0.2) is 67.0 Å². The minimum absolute atomic E-state index is 0.282. The fraction of sp³-hybridized carbons (Fsp3) is 0.0909. The Hall–Kier alpha value is -3.80. The maximum absolute atomic E-state index is 12.7. The van der Waals surface area contributed by atoms with Gasteiger partial charge in [0.15, 0.2) is 0 Å². The molecule has 0 saturated carbocycles. The first-order valence-corrected chi connectivity index (χ1v) is 8.93. The summed E-state index contributed by atoms with van der Waals surface area (Å²) < 4.78 is 0. The molecule has 28 heavy (non-hydrogen) atoms. The second-order valence-corrected chi connectivity index (χ2v) is 6.47. The van der Waals surface area contributed by atoms with E-state index in [1.807, 2.05) is 62.4 Å². The Balaban J connectivity index is 1.59. The molecule has 0 aliphatic heterocycles. The maximum atomic E-state index is 12.7. The monoisotopic (exact) mass is 369 g/mol. The zero-order valence-corrected chi connectivity index (χ0v) is 15.6. The molecule has 6 heteroatoms. The van der Waals surface area contributed by atoms with E-state index in [0.29, 0.717) is 5.95 Å². The van der Waals surface area contributed by atoms with Crippen LogP contribution in [-0.4, -0.2) is 20.9 Å². The molecule has 0 atom stereocenters. The first kappa shape index (κ1) is 17.6. The van der Waals surface area contributed by atoms with Gasteiger partial charge in [-0.15, -0.1) is 0 Å². The highest BCUT2D eigenvalue weighted by Crippen LogP contribution is 2.23. The molecule has 2 N–H and O–H groups in total. The number of aromatic nitrogens is 3. The van der Waals surface area contributed by atoms with Crippen molar-refractivity contribution in [3.8, 4) is 0 Å². The third-order valence-corrected chi connectivity index (χ3v) is 4.62. The lowest BCUT2D eigenvalue weighted by Crippen LogP contribution is -2.15. The standard InChI is InChI=1S/C22H19N5O/c1-14-6-3-9-17(15(14)2)25-21(28)19-11-13-24-22(27-19)26-18-10-4-7-16-8-5-12-23-20(16)18/h3-13H,1-2H3,(H,25,28)(H,24,26,27). The fourth-order valence-electron chi connectivity index (χ4n) is 2.94. The Bertz CT molecular complexity index is 1170. The molecule has 4 rings (SSSR count). The third-order valence-electron chi connectivity index (χ3n) is 4.62. The van der Waals surface area contributed by atoms with E-state index in [2.05, 4.69) is 25.6 Å². The first-order valence-electron chi connectivity index (χ1n) is 8.93. The van der Waals surface area contributed by atoms with Crippen LogP contribution in [0.5, 0.6) is 0 Å². The van der Waals surface area contributed by atoms with Crippen molar-refractivity contribution >= 4 is 34.1 Å². The topological polar surface area (TPSA) is 79.8 Å². The number of benzene rings is 2. The van der Waals surface area contributed by atoms with E-state index in [0.717, 1.165) is 33.4 Å². The molecule has 2 heterocycles. The van der Waals surface area contributed by atoms with Gasteiger partial charge in [0.1, 0.15) is 5.69 Å². The van der Waals surface area contributed by atoms with Gasteiger partial charge in [-0.2, -0.15) is 0 Å². The van der Waals surface area contributed by atoms with Crippen molar-refractivity contribution in [3.05, 3.63) is 83.8 Å². The number of amides is 1. The van der Waals surface area contributed by atoms with Gasteiger partial charge in [0.25, 0.3) is 5.91 Å². The number of para-hydroxylation sites is 1. The van der Waals surface area contributed by atoms with E-state index in [9.17, 15) is 4.79 Å². The minimum atomic E-state index is -0.282. The summed E-state index contributed by atoms with van der Waals surface area (Å²) in [5.74, 6) is 0.0574. The van der Waals surface area contributed by atoms with E-state index in [-0.39, 0.29) is 11.6 Å². The van der Waals surface area contributed by atoms with Crippen molar-refractivity contribution < 1.29 is 4.79 Å². The lowest BCUT2D eigenvalue weighted by Gasteiger charge is -2.11. The Kier molecular flexibility index (Phi) is 4.68. The summed E-state index contributed by atoms with van der Waals surface area (Å²) in [5, 5.41) is 7.09. The van der Waals surface area contributed by atoms with Gasteiger partial charge < -0.3 is 10.6 Å². The lowest BCUT2D eigenvalue weighted by molar-refractivity contribution is 0.102. The molecule has 2 aromatic heterocycles. The van der Waals surface area contributed by atoms with Crippen molar-refractivity contribution in [3.63, 3.8) is 0 Å². The van der Waals surface area contributed by atoms with Gasteiger partial charge >= 0.3 is 0 Å². The highest BCUT2D eigenvalue weighted by molar-refractivity contribution is 6.03. The van der Waals surface area contributed by atoms with Crippen LogP contribution in [0.1, 0.15) is 21.6 Å². The van der Waals surface area contributed by atoms with Crippen LogP contribution in [0.25, 0.3) is 10.9 Å². The molecule has 0 spiro atoms. The molecule has 0 aliphatic rings. The van der Waals surface area contributed by atoms with Crippen LogP contribution in [0.3, 0.4) is 0 Å². The second-order valence-electron chi connectivity index (χ2n) is 6.47. The van der Waals surface area contributed by atoms with Crippen molar-refractivity contribution in [1.29, 1.82) is 0 Å². The summed E-state index contributed by atoms with van der Waals surface area (Å²) in [5.41, 5.74) is 4.81. The first-order chi connectivity index (χ1) is 13.6. The number of aryl methyl sites for hydroxylation is 1. The van der Waals surface area contributed by atoms with Gasteiger partial charge in [-0.1, -0.05) is 30.3 Å². The molecule has 0 unspecified atom stereocenters. The fourth-order valence-corrected chi connectivity index (χ4v) is 2.94. The Morgan fingerprint density at radius 2 is 1.64 bits per heavy atom. The number of carbonyl (C=O) groups is 1. The smallest absolute Gasteiger partial charge is 0.274 e. The molecule has 0 aliphatic carbocycles. The minimum Gasteiger partial charge on any atom is -0.322 e. The van der Waals surface area contributed by atoms with Gasteiger partial charge in [0.05, 0.1) is 11.2 Å². The molecule has 4 aromatic rings. The summed E-state index contributed by atoms with van der Waals surface area (Å²) in [7, 11) is 0. The van der Waals surface area contributed by atoms with Crippen LogP contribution in [0.2, 0.25) is 0 Å². The lowest BCUT2D eigenvalue weighted by atomic mass is 10.1. The summed E-state index contributed by atoms with van der Waals surface area (Å²) in [6, 6.07) is 17.1. The molecule has 0 radical (unpaired) electrons. The molecule has 0 saturated heterocycles.